The van der Waals surface area contributed by atoms with Gasteiger partial charge in [-0.25, -0.2) is 9.18 Å². The Bertz CT molecular complexity index is 433. The van der Waals surface area contributed by atoms with Crippen LogP contribution in [-0.4, -0.2) is 23.1 Å². The second-order valence-corrected chi connectivity index (χ2v) is 3.10. The fraction of sp³-hybridized carbons (Fsp3) is 0.200. The van der Waals surface area contributed by atoms with E-state index >= 15 is 0 Å². The number of amides is 1. The van der Waals surface area contributed by atoms with Crippen LogP contribution in [0.2, 0.25) is 0 Å². The van der Waals surface area contributed by atoms with Crippen LogP contribution in [-0.2, 0) is 4.79 Å². The molecule has 1 aromatic carbocycles. The largest absolute Gasteiger partial charge is 0.479 e. The van der Waals surface area contributed by atoms with Crippen molar-refractivity contribution in [3.8, 4) is 5.75 Å². The number of benzene rings is 1. The van der Waals surface area contributed by atoms with E-state index in [1.54, 1.807) is 0 Å². The van der Waals surface area contributed by atoms with E-state index in [0.717, 1.165) is 12.1 Å². The van der Waals surface area contributed by atoms with Crippen LogP contribution in [0.3, 0.4) is 0 Å². The molecule has 0 aromatic heterocycles. The zero-order chi connectivity index (χ0) is 12.3. The van der Waals surface area contributed by atoms with Gasteiger partial charge in [0.15, 0.2) is 6.10 Å². The van der Waals surface area contributed by atoms with E-state index in [2.05, 4.69) is 0 Å². The van der Waals surface area contributed by atoms with Gasteiger partial charge in [-0.05, 0) is 19.1 Å². The van der Waals surface area contributed by atoms with Crippen LogP contribution in [0.15, 0.2) is 18.2 Å². The summed E-state index contributed by atoms with van der Waals surface area (Å²) in [7, 11) is 0. The van der Waals surface area contributed by atoms with Gasteiger partial charge < -0.3 is 15.6 Å². The zero-order valence-corrected chi connectivity index (χ0v) is 8.44. The molecule has 0 bridgehead atoms. The minimum Gasteiger partial charge on any atom is -0.479 e. The molecule has 1 atom stereocenters. The third kappa shape index (κ3) is 2.69. The SMILES string of the molecule is C[C@H](Oc1ccc(C(N)=O)c(F)c1)C(=O)O. The zero-order valence-electron chi connectivity index (χ0n) is 8.44. The van der Waals surface area contributed by atoms with Crippen LogP contribution < -0.4 is 10.5 Å². The van der Waals surface area contributed by atoms with E-state index in [4.69, 9.17) is 15.6 Å². The maximum atomic E-state index is 13.2. The van der Waals surface area contributed by atoms with Gasteiger partial charge in [0, 0.05) is 6.07 Å². The molecule has 0 saturated carbocycles. The Labute approximate surface area is 90.6 Å². The second-order valence-electron chi connectivity index (χ2n) is 3.10. The van der Waals surface area contributed by atoms with Crippen molar-refractivity contribution in [3.63, 3.8) is 0 Å². The van der Waals surface area contributed by atoms with Crippen LogP contribution in [0.1, 0.15) is 17.3 Å². The minimum absolute atomic E-state index is 0.0254. The van der Waals surface area contributed by atoms with Crippen molar-refractivity contribution in [2.45, 2.75) is 13.0 Å². The van der Waals surface area contributed by atoms with Gasteiger partial charge in [-0.1, -0.05) is 0 Å². The molecule has 16 heavy (non-hydrogen) atoms. The molecule has 1 rings (SSSR count). The lowest BCUT2D eigenvalue weighted by atomic mass is 10.2. The second kappa shape index (κ2) is 4.61. The van der Waals surface area contributed by atoms with Gasteiger partial charge >= 0.3 is 5.97 Å². The average molecular weight is 227 g/mol. The van der Waals surface area contributed by atoms with Crippen molar-refractivity contribution in [2.75, 3.05) is 0 Å². The minimum atomic E-state index is -1.17. The topological polar surface area (TPSA) is 89.6 Å². The molecule has 0 radical (unpaired) electrons. The standard InChI is InChI=1S/C10H10FNO4/c1-5(10(14)15)16-6-2-3-7(9(12)13)8(11)4-6/h2-5H,1H3,(H2,12,13)(H,14,15)/t5-/m0/s1. The number of carbonyl (C=O) groups is 2. The number of rotatable bonds is 4. The number of carbonyl (C=O) groups excluding carboxylic acids is 1. The summed E-state index contributed by atoms with van der Waals surface area (Å²) in [5.74, 6) is -2.88. The van der Waals surface area contributed by atoms with Crippen LogP contribution in [0.4, 0.5) is 4.39 Å². The van der Waals surface area contributed by atoms with Crippen LogP contribution in [0, 0.1) is 5.82 Å². The smallest absolute Gasteiger partial charge is 0.344 e. The summed E-state index contributed by atoms with van der Waals surface area (Å²) in [6.45, 7) is 1.31. The molecule has 0 saturated heterocycles. The van der Waals surface area contributed by atoms with E-state index in [1.807, 2.05) is 0 Å². The third-order valence-corrected chi connectivity index (χ3v) is 1.87. The summed E-state index contributed by atoms with van der Waals surface area (Å²) in [4.78, 5) is 21.2. The highest BCUT2D eigenvalue weighted by Crippen LogP contribution is 2.17. The number of primary amides is 1. The quantitative estimate of drug-likeness (QED) is 0.795. The first-order valence-electron chi connectivity index (χ1n) is 4.40. The van der Waals surface area contributed by atoms with Gasteiger partial charge in [0.1, 0.15) is 11.6 Å². The summed E-state index contributed by atoms with van der Waals surface area (Å²) in [5, 5.41) is 8.56. The molecule has 0 heterocycles. The molecule has 6 heteroatoms. The maximum Gasteiger partial charge on any atom is 0.344 e. The van der Waals surface area contributed by atoms with E-state index in [0.29, 0.717) is 0 Å². The van der Waals surface area contributed by atoms with E-state index in [-0.39, 0.29) is 11.3 Å². The first-order chi connectivity index (χ1) is 7.41. The van der Waals surface area contributed by atoms with Crippen LogP contribution >= 0.6 is 0 Å². The first kappa shape index (κ1) is 12.0. The lowest BCUT2D eigenvalue weighted by Gasteiger charge is -2.10. The average Bonchev–Trinajstić information content (AvgIpc) is 2.16. The Morgan fingerprint density at radius 2 is 2.12 bits per heavy atom. The fourth-order valence-corrected chi connectivity index (χ4v) is 1.02. The van der Waals surface area contributed by atoms with Gasteiger partial charge in [0.05, 0.1) is 5.56 Å². The highest BCUT2D eigenvalue weighted by molar-refractivity contribution is 5.93. The number of carboxylic acid groups (broad SMARTS) is 1. The molecule has 3 N–H and O–H groups in total. The molecule has 0 spiro atoms. The number of nitrogens with two attached hydrogens (primary N) is 1. The summed E-state index contributed by atoms with van der Waals surface area (Å²) in [6, 6.07) is 3.34. The molecule has 0 aliphatic carbocycles. The highest BCUT2D eigenvalue weighted by Gasteiger charge is 2.14. The van der Waals surface area contributed by atoms with Gasteiger partial charge in [0.2, 0.25) is 0 Å². The molecule has 0 fully saturated rings. The first-order valence-corrected chi connectivity index (χ1v) is 4.40. The third-order valence-electron chi connectivity index (χ3n) is 1.87. The molecule has 0 unspecified atom stereocenters. The molecule has 86 valence electrons. The molecule has 5 nitrogen and oxygen atoms in total. The maximum absolute atomic E-state index is 13.2. The Morgan fingerprint density at radius 1 is 1.50 bits per heavy atom. The van der Waals surface area contributed by atoms with Crippen molar-refractivity contribution < 1.29 is 23.8 Å². The van der Waals surface area contributed by atoms with E-state index < -0.39 is 23.8 Å². The van der Waals surface area contributed by atoms with Crippen molar-refractivity contribution >= 4 is 11.9 Å². The Balaban J connectivity index is 2.89. The molecule has 0 aliphatic rings. The molecule has 0 aliphatic heterocycles. The lowest BCUT2D eigenvalue weighted by Crippen LogP contribution is -2.23. The summed E-state index contributed by atoms with van der Waals surface area (Å²) < 4.78 is 18.1. The molecular formula is C10H10FNO4. The van der Waals surface area contributed by atoms with Crippen molar-refractivity contribution in [1.29, 1.82) is 0 Å². The van der Waals surface area contributed by atoms with E-state index in [1.165, 1.54) is 13.0 Å². The highest BCUT2D eigenvalue weighted by atomic mass is 19.1. The van der Waals surface area contributed by atoms with Crippen molar-refractivity contribution in [2.24, 2.45) is 5.73 Å². The molecular weight excluding hydrogens is 217 g/mol. The van der Waals surface area contributed by atoms with Crippen LogP contribution in [0.5, 0.6) is 5.75 Å². The lowest BCUT2D eigenvalue weighted by molar-refractivity contribution is -0.144. The van der Waals surface area contributed by atoms with Gasteiger partial charge in [-0.15, -0.1) is 0 Å². The summed E-state index contributed by atoms with van der Waals surface area (Å²) in [5.41, 5.74) is 4.63. The number of aliphatic carboxylic acids is 1. The van der Waals surface area contributed by atoms with Gasteiger partial charge in [0.25, 0.3) is 5.91 Å². The Hall–Kier alpha value is -2.11. The van der Waals surface area contributed by atoms with Gasteiger partial charge in [-0.2, -0.15) is 0 Å². The summed E-state index contributed by atoms with van der Waals surface area (Å²) in [6.07, 6.45) is -1.10. The van der Waals surface area contributed by atoms with Crippen molar-refractivity contribution in [3.05, 3.63) is 29.6 Å². The summed E-state index contributed by atoms with van der Waals surface area (Å²) >= 11 is 0. The number of ether oxygens (including phenoxy) is 1. The van der Waals surface area contributed by atoms with Crippen molar-refractivity contribution in [1.82, 2.24) is 0 Å². The van der Waals surface area contributed by atoms with E-state index in [9.17, 15) is 14.0 Å². The Morgan fingerprint density at radius 3 is 2.56 bits per heavy atom. The fourth-order valence-electron chi connectivity index (χ4n) is 1.02. The normalized spacial score (nSPS) is 11.9. The molecule has 1 amide bonds. The Kier molecular flexibility index (Phi) is 3.44. The monoisotopic (exact) mass is 227 g/mol. The number of carboxylic acids is 1. The predicted molar refractivity (Wildman–Crippen MR) is 52.6 cm³/mol. The number of halogens is 1. The number of hydrogen-bond acceptors (Lipinski definition) is 3. The molecule has 1 aromatic rings. The van der Waals surface area contributed by atoms with Crippen LogP contribution in [0.25, 0.3) is 0 Å². The van der Waals surface area contributed by atoms with Gasteiger partial charge in [-0.3, -0.25) is 4.79 Å². The predicted octanol–water partition coefficient (Wildman–Crippen LogP) is 0.777. The number of hydrogen-bond donors (Lipinski definition) is 2.